The van der Waals surface area contributed by atoms with Crippen LogP contribution in [-0.4, -0.2) is 47.1 Å². The molecule has 1 N–H and O–H groups in total. The Morgan fingerprint density at radius 3 is 2.59 bits per heavy atom. The summed E-state index contributed by atoms with van der Waals surface area (Å²) >= 11 is 0. The zero-order valence-electron chi connectivity index (χ0n) is 18.0. The molecule has 9 heteroatoms. The number of aromatic carboxylic acids is 1. The van der Waals surface area contributed by atoms with Crippen molar-refractivity contribution in [2.75, 3.05) is 12.9 Å². The SMILES string of the molecule is Cc1cc(-c2c(C(=O)O)ncc3c2c(C2CC2)nn3C2CCCCO2)ccc1S(C)(=O)=O. The van der Waals surface area contributed by atoms with Gasteiger partial charge in [-0.05, 0) is 56.2 Å². The van der Waals surface area contributed by atoms with Crippen molar-refractivity contribution in [3.63, 3.8) is 0 Å². The fourth-order valence-electron chi connectivity index (χ4n) is 4.60. The molecule has 1 atom stereocenters. The molecule has 1 saturated heterocycles. The number of fused-ring (bicyclic) bond motifs is 1. The topological polar surface area (TPSA) is 111 Å². The number of benzene rings is 1. The van der Waals surface area contributed by atoms with Gasteiger partial charge in [-0.15, -0.1) is 0 Å². The summed E-state index contributed by atoms with van der Waals surface area (Å²) < 4.78 is 32.0. The van der Waals surface area contributed by atoms with E-state index in [0.29, 0.717) is 23.3 Å². The van der Waals surface area contributed by atoms with Gasteiger partial charge in [0.25, 0.3) is 0 Å². The van der Waals surface area contributed by atoms with Crippen molar-refractivity contribution in [1.82, 2.24) is 14.8 Å². The molecule has 0 spiro atoms. The van der Waals surface area contributed by atoms with Crippen molar-refractivity contribution in [2.24, 2.45) is 0 Å². The third kappa shape index (κ3) is 3.59. The third-order valence-corrected chi connectivity index (χ3v) is 7.49. The Labute approximate surface area is 186 Å². The number of rotatable bonds is 5. The van der Waals surface area contributed by atoms with Crippen LogP contribution in [0.4, 0.5) is 0 Å². The largest absolute Gasteiger partial charge is 0.476 e. The van der Waals surface area contributed by atoms with Crippen molar-refractivity contribution in [3.05, 3.63) is 41.3 Å². The van der Waals surface area contributed by atoms with E-state index in [4.69, 9.17) is 9.84 Å². The molecule has 32 heavy (non-hydrogen) atoms. The van der Waals surface area contributed by atoms with Gasteiger partial charge < -0.3 is 9.84 Å². The van der Waals surface area contributed by atoms with E-state index in [1.54, 1.807) is 25.3 Å². The van der Waals surface area contributed by atoms with Crippen LogP contribution < -0.4 is 0 Å². The number of aryl methyl sites for hydroxylation is 1. The average molecular weight is 456 g/mol. The van der Waals surface area contributed by atoms with Gasteiger partial charge in [0, 0.05) is 29.7 Å². The number of carboxylic acid groups (broad SMARTS) is 1. The zero-order chi connectivity index (χ0) is 22.6. The molecule has 168 valence electrons. The van der Waals surface area contributed by atoms with Crippen LogP contribution in [0.15, 0.2) is 29.3 Å². The first-order chi connectivity index (χ1) is 15.3. The fourth-order valence-corrected chi connectivity index (χ4v) is 5.56. The van der Waals surface area contributed by atoms with E-state index >= 15 is 0 Å². The van der Waals surface area contributed by atoms with Gasteiger partial charge >= 0.3 is 5.97 Å². The second kappa shape index (κ2) is 7.67. The molecular formula is C23H25N3O5S. The number of hydrogen-bond acceptors (Lipinski definition) is 6. The van der Waals surface area contributed by atoms with Crippen molar-refractivity contribution < 1.29 is 23.1 Å². The van der Waals surface area contributed by atoms with Crippen LogP contribution in [0.1, 0.15) is 66.0 Å². The van der Waals surface area contributed by atoms with E-state index in [9.17, 15) is 18.3 Å². The van der Waals surface area contributed by atoms with Gasteiger partial charge in [0.15, 0.2) is 21.8 Å². The minimum absolute atomic E-state index is 0.0602. The Morgan fingerprint density at radius 2 is 2.00 bits per heavy atom. The van der Waals surface area contributed by atoms with Crippen molar-refractivity contribution in [1.29, 1.82) is 0 Å². The molecule has 1 aliphatic carbocycles. The van der Waals surface area contributed by atoms with Crippen LogP contribution in [0.2, 0.25) is 0 Å². The lowest BCUT2D eigenvalue weighted by Crippen LogP contribution is -2.19. The van der Waals surface area contributed by atoms with E-state index in [0.717, 1.165) is 48.7 Å². The number of sulfone groups is 1. The van der Waals surface area contributed by atoms with Crippen molar-refractivity contribution in [2.45, 2.75) is 56.1 Å². The molecule has 1 aliphatic heterocycles. The quantitative estimate of drug-likeness (QED) is 0.617. The summed E-state index contributed by atoms with van der Waals surface area (Å²) in [4.78, 5) is 16.7. The highest BCUT2D eigenvalue weighted by atomic mass is 32.2. The molecular weight excluding hydrogens is 430 g/mol. The summed E-state index contributed by atoms with van der Waals surface area (Å²) in [6, 6.07) is 4.93. The van der Waals surface area contributed by atoms with Gasteiger partial charge in [-0.1, -0.05) is 12.1 Å². The summed E-state index contributed by atoms with van der Waals surface area (Å²) in [6.45, 7) is 2.39. The number of carbonyl (C=O) groups is 1. The third-order valence-electron chi connectivity index (χ3n) is 6.24. The molecule has 1 aromatic carbocycles. The first-order valence-electron chi connectivity index (χ1n) is 10.8. The Balaban J connectivity index is 1.79. The maximum atomic E-state index is 12.1. The van der Waals surface area contributed by atoms with Crippen molar-refractivity contribution in [3.8, 4) is 11.1 Å². The molecule has 2 fully saturated rings. The number of ether oxygens (including phenoxy) is 1. The Kier molecular flexibility index (Phi) is 5.05. The van der Waals surface area contributed by atoms with Gasteiger partial charge in [0.05, 0.1) is 22.3 Å². The van der Waals surface area contributed by atoms with Crippen LogP contribution >= 0.6 is 0 Å². The zero-order valence-corrected chi connectivity index (χ0v) is 18.9. The van der Waals surface area contributed by atoms with E-state index in [-0.39, 0.29) is 22.7 Å². The number of carboxylic acids is 1. The monoisotopic (exact) mass is 455 g/mol. The molecule has 1 saturated carbocycles. The van der Waals surface area contributed by atoms with Gasteiger partial charge in [-0.3, -0.25) is 0 Å². The fraction of sp³-hybridized carbons (Fsp3) is 0.435. The highest BCUT2D eigenvalue weighted by Gasteiger charge is 2.34. The van der Waals surface area contributed by atoms with Gasteiger partial charge in [-0.2, -0.15) is 5.10 Å². The molecule has 3 heterocycles. The number of pyridine rings is 1. The van der Waals surface area contributed by atoms with Crippen molar-refractivity contribution >= 4 is 26.7 Å². The smallest absolute Gasteiger partial charge is 0.355 e. The number of aromatic nitrogens is 3. The molecule has 1 unspecified atom stereocenters. The molecule has 0 bridgehead atoms. The Bertz CT molecular complexity index is 1340. The van der Waals surface area contributed by atoms with Crippen LogP contribution in [-0.2, 0) is 14.6 Å². The van der Waals surface area contributed by atoms with Crippen LogP contribution in [0.5, 0.6) is 0 Å². The minimum Gasteiger partial charge on any atom is -0.476 e. The van der Waals surface area contributed by atoms with E-state index in [2.05, 4.69) is 4.98 Å². The summed E-state index contributed by atoms with van der Waals surface area (Å²) in [5.74, 6) is -0.850. The summed E-state index contributed by atoms with van der Waals surface area (Å²) in [5.41, 5.74) is 3.24. The van der Waals surface area contributed by atoms with Crippen LogP contribution in [0, 0.1) is 6.92 Å². The Hall–Kier alpha value is -2.78. The lowest BCUT2D eigenvalue weighted by molar-refractivity contribution is -0.0369. The first kappa shape index (κ1) is 21.1. The maximum absolute atomic E-state index is 12.1. The predicted octanol–water partition coefficient (Wildman–Crippen LogP) is 4.08. The molecule has 0 radical (unpaired) electrons. The number of nitrogens with zero attached hydrogens (tertiary/aromatic N) is 3. The second-order valence-electron chi connectivity index (χ2n) is 8.72. The Morgan fingerprint density at radius 1 is 1.22 bits per heavy atom. The molecule has 5 rings (SSSR count). The standard InChI is InChI=1S/C23H25N3O5S/c1-13-11-15(8-9-17(13)32(2,29)30)19-20-16(12-24-22(19)23(27)28)26(18-5-3-4-10-31-18)25-21(20)14-6-7-14/h8-9,11-12,14,18H,3-7,10H2,1-2H3,(H,27,28). The average Bonchev–Trinajstić information content (AvgIpc) is 3.52. The highest BCUT2D eigenvalue weighted by Crippen LogP contribution is 2.46. The summed E-state index contributed by atoms with van der Waals surface area (Å²) in [5, 5.41) is 15.6. The minimum atomic E-state index is -3.39. The van der Waals surface area contributed by atoms with Gasteiger partial charge in [0.2, 0.25) is 0 Å². The van der Waals surface area contributed by atoms with Gasteiger partial charge in [0.1, 0.15) is 0 Å². The van der Waals surface area contributed by atoms with Crippen LogP contribution in [0.25, 0.3) is 22.0 Å². The molecule has 3 aromatic rings. The summed E-state index contributed by atoms with van der Waals surface area (Å²) in [7, 11) is -3.39. The maximum Gasteiger partial charge on any atom is 0.355 e. The van der Waals surface area contributed by atoms with Gasteiger partial charge in [-0.25, -0.2) is 22.9 Å². The van der Waals surface area contributed by atoms with E-state index in [1.165, 1.54) is 12.3 Å². The molecule has 8 nitrogen and oxygen atoms in total. The molecule has 2 aromatic heterocycles. The highest BCUT2D eigenvalue weighted by molar-refractivity contribution is 7.90. The lowest BCUT2D eigenvalue weighted by atomic mass is 9.96. The molecule has 0 amide bonds. The molecule has 2 aliphatic rings. The lowest BCUT2D eigenvalue weighted by Gasteiger charge is -2.23. The predicted molar refractivity (Wildman–Crippen MR) is 119 cm³/mol. The van der Waals surface area contributed by atoms with Crippen LogP contribution in [0.3, 0.4) is 0 Å². The van der Waals surface area contributed by atoms with E-state index in [1.807, 2.05) is 4.68 Å². The first-order valence-corrected chi connectivity index (χ1v) is 12.7. The summed E-state index contributed by atoms with van der Waals surface area (Å²) in [6.07, 6.45) is 7.48. The normalized spacial score (nSPS) is 19.4. The van der Waals surface area contributed by atoms with E-state index < -0.39 is 15.8 Å². The number of hydrogen-bond donors (Lipinski definition) is 1. The second-order valence-corrected chi connectivity index (χ2v) is 10.7.